The van der Waals surface area contributed by atoms with Crippen LogP contribution in [0.3, 0.4) is 0 Å². The fraction of sp³-hybridized carbons (Fsp3) is 0.118. The van der Waals surface area contributed by atoms with E-state index in [0.717, 1.165) is 0 Å². The van der Waals surface area contributed by atoms with Gasteiger partial charge in [0.25, 0.3) is 11.8 Å². The number of amides is 2. The molecule has 2 aromatic rings. The smallest absolute Gasteiger partial charge is 0.252 e. The molecule has 2 rings (SSSR count). The summed E-state index contributed by atoms with van der Waals surface area (Å²) in [6.45, 7) is 0. The predicted molar refractivity (Wildman–Crippen MR) is 87.1 cm³/mol. The molecule has 0 saturated carbocycles. The molecule has 0 radical (unpaired) electrons. The topological polar surface area (TPSA) is 82.0 Å². The Bertz CT molecular complexity index is 783. The second-order valence-corrected chi connectivity index (χ2v) is 5.12. The molecule has 2 amide bonds. The summed E-state index contributed by atoms with van der Waals surface area (Å²) in [5.74, 6) is -0.746. The lowest BCUT2D eigenvalue weighted by molar-refractivity contribution is 0.0945. The van der Waals surface area contributed by atoms with Crippen molar-refractivity contribution in [2.24, 2.45) is 0 Å². The number of nitrogens with one attached hydrogen (secondary N) is 2. The molecule has 0 aliphatic carbocycles. The van der Waals surface area contributed by atoms with Gasteiger partial charge in [0.05, 0.1) is 6.07 Å². The molecule has 1 atom stereocenters. The summed E-state index contributed by atoms with van der Waals surface area (Å²) in [5, 5.41) is 14.8. The summed E-state index contributed by atoms with van der Waals surface area (Å²) >= 11 is 6.06. The van der Waals surface area contributed by atoms with E-state index in [1.165, 1.54) is 13.1 Å². The summed E-state index contributed by atoms with van der Waals surface area (Å²) < 4.78 is 0. The Kier molecular flexibility index (Phi) is 5.34. The van der Waals surface area contributed by atoms with Gasteiger partial charge in [0, 0.05) is 28.8 Å². The molecule has 0 aliphatic heterocycles. The highest BCUT2D eigenvalue weighted by Gasteiger charge is 2.18. The van der Waals surface area contributed by atoms with Crippen molar-refractivity contribution in [2.45, 2.75) is 6.04 Å². The number of rotatable bonds is 4. The minimum absolute atomic E-state index is 0.289. The van der Waals surface area contributed by atoms with Crippen LogP contribution < -0.4 is 10.6 Å². The molecule has 2 aromatic carbocycles. The fourth-order valence-electron chi connectivity index (χ4n) is 2.05. The maximum atomic E-state index is 12.3. The molecule has 0 unspecified atom stereocenters. The maximum Gasteiger partial charge on any atom is 0.252 e. The maximum absolute atomic E-state index is 12.3. The van der Waals surface area contributed by atoms with Crippen molar-refractivity contribution in [2.75, 3.05) is 7.05 Å². The quantitative estimate of drug-likeness (QED) is 0.905. The first-order chi connectivity index (χ1) is 11.1. The molecule has 2 N–H and O–H groups in total. The minimum atomic E-state index is -0.875. The second kappa shape index (κ2) is 7.43. The Morgan fingerprint density at radius 3 is 2.35 bits per heavy atom. The Hall–Kier alpha value is -2.84. The van der Waals surface area contributed by atoms with E-state index in [1.807, 2.05) is 6.07 Å². The van der Waals surface area contributed by atoms with Crippen molar-refractivity contribution >= 4 is 23.4 Å². The third-order valence-electron chi connectivity index (χ3n) is 3.23. The zero-order chi connectivity index (χ0) is 16.8. The lowest BCUT2D eigenvalue weighted by Gasteiger charge is -2.13. The predicted octanol–water partition coefficient (Wildman–Crippen LogP) is 2.69. The van der Waals surface area contributed by atoms with Gasteiger partial charge in [-0.2, -0.15) is 5.26 Å². The SMILES string of the molecule is CNC(=O)c1cccc(C(=O)N[C@H](C#N)c2ccccc2Cl)c1. The monoisotopic (exact) mass is 327 g/mol. The summed E-state index contributed by atoms with van der Waals surface area (Å²) in [7, 11) is 1.51. The van der Waals surface area contributed by atoms with Crippen molar-refractivity contribution < 1.29 is 9.59 Å². The fourth-order valence-corrected chi connectivity index (χ4v) is 2.29. The molecule has 0 aromatic heterocycles. The lowest BCUT2D eigenvalue weighted by atomic mass is 10.1. The van der Waals surface area contributed by atoms with Gasteiger partial charge in [-0.15, -0.1) is 0 Å². The van der Waals surface area contributed by atoms with E-state index in [4.69, 9.17) is 11.6 Å². The molecule has 23 heavy (non-hydrogen) atoms. The lowest BCUT2D eigenvalue weighted by Crippen LogP contribution is -2.28. The van der Waals surface area contributed by atoms with E-state index in [9.17, 15) is 14.9 Å². The van der Waals surface area contributed by atoms with Gasteiger partial charge in [-0.05, 0) is 24.3 Å². The van der Waals surface area contributed by atoms with E-state index in [0.29, 0.717) is 21.7 Å². The minimum Gasteiger partial charge on any atom is -0.355 e. The molecule has 0 bridgehead atoms. The van der Waals surface area contributed by atoms with Crippen LogP contribution in [0.2, 0.25) is 5.02 Å². The highest BCUT2D eigenvalue weighted by atomic mass is 35.5. The first kappa shape index (κ1) is 16.5. The Morgan fingerprint density at radius 2 is 1.74 bits per heavy atom. The van der Waals surface area contributed by atoms with Gasteiger partial charge in [-0.1, -0.05) is 35.9 Å². The number of nitriles is 1. The van der Waals surface area contributed by atoms with E-state index in [-0.39, 0.29) is 5.91 Å². The van der Waals surface area contributed by atoms with Gasteiger partial charge in [0.1, 0.15) is 6.04 Å². The van der Waals surface area contributed by atoms with E-state index in [2.05, 4.69) is 10.6 Å². The van der Waals surface area contributed by atoms with Crippen molar-refractivity contribution in [1.29, 1.82) is 5.26 Å². The molecule has 0 fully saturated rings. The van der Waals surface area contributed by atoms with Gasteiger partial charge in [0.2, 0.25) is 0 Å². The molecule has 0 heterocycles. The number of hydrogen-bond acceptors (Lipinski definition) is 3. The highest BCUT2D eigenvalue weighted by Crippen LogP contribution is 2.22. The van der Waals surface area contributed by atoms with Gasteiger partial charge in [-0.3, -0.25) is 9.59 Å². The molecular weight excluding hydrogens is 314 g/mol. The van der Waals surface area contributed by atoms with Gasteiger partial charge >= 0.3 is 0 Å². The van der Waals surface area contributed by atoms with Crippen LogP contribution in [0.4, 0.5) is 0 Å². The molecule has 0 saturated heterocycles. The van der Waals surface area contributed by atoms with Crippen LogP contribution in [0.5, 0.6) is 0 Å². The van der Waals surface area contributed by atoms with E-state index < -0.39 is 11.9 Å². The average molecular weight is 328 g/mol. The van der Waals surface area contributed by atoms with Crippen LogP contribution >= 0.6 is 11.6 Å². The Morgan fingerprint density at radius 1 is 1.09 bits per heavy atom. The van der Waals surface area contributed by atoms with Crippen LogP contribution in [0.25, 0.3) is 0 Å². The largest absolute Gasteiger partial charge is 0.355 e. The normalized spacial score (nSPS) is 11.2. The standard InChI is InChI=1S/C17H14ClN3O2/c1-20-16(22)11-5-4-6-12(9-11)17(23)21-15(10-19)13-7-2-3-8-14(13)18/h2-9,15H,1H3,(H,20,22)(H,21,23)/t15-/m1/s1. The van der Waals surface area contributed by atoms with Crippen LogP contribution in [0.15, 0.2) is 48.5 Å². The van der Waals surface area contributed by atoms with Gasteiger partial charge in [0.15, 0.2) is 0 Å². The van der Waals surface area contributed by atoms with E-state index in [1.54, 1.807) is 42.5 Å². The summed E-state index contributed by atoms with van der Waals surface area (Å²) in [6, 6.07) is 14.2. The second-order valence-electron chi connectivity index (χ2n) is 4.72. The number of nitrogens with zero attached hydrogens (tertiary/aromatic N) is 1. The average Bonchev–Trinajstić information content (AvgIpc) is 2.59. The Labute approximate surface area is 138 Å². The van der Waals surface area contributed by atoms with Crippen molar-refractivity contribution in [3.63, 3.8) is 0 Å². The summed E-state index contributed by atoms with van der Waals surface area (Å²) in [5.41, 5.74) is 1.18. The molecular formula is C17H14ClN3O2. The zero-order valence-corrected chi connectivity index (χ0v) is 13.1. The first-order valence-electron chi connectivity index (χ1n) is 6.84. The summed E-state index contributed by atoms with van der Waals surface area (Å²) in [6.07, 6.45) is 0. The first-order valence-corrected chi connectivity index (χ1v) is 7.21. The third-order valence-corrected chi connectivity index (χ3v) is 3.58. The van der Waals surface area contributed by atoms with Crippen molar-refractivity contribution in [1.82, 2.24) is 10.6 Å². The molecule has 5 nitrogen and oxygen atoms in total. The van der Waals surface area contributed by atoms with Crippen molar-refractivity contribution in [3.05, 3.63) is 70.2 Å². The zero-order valence-electron chi connectivity index (χ0n) is 12.3. The van der Waals surface area contributed by atoms with Crippen molar-refractivity contribution in [3.8, 4) is 6.07 Å². The van der Waals surface area contributed by atoms with Gasteiger partial charge < -0.3 is 10.6 Å². The van der Waals surface area contributed by atoms with Crippen LogP contribution in [0, 0.1) is 11.3 Å². The number of halogens is 1. The third kappa shape index (κ3) is 3.87. The van der Waals surface area contributed by atoms with Crippen LogP contribution in [0.1, 0.15) is 32.3 Å². The number of carbonyl (C=O) groups is 2. The van der Waals surface area contributed by atoms with Gasteiger partial charge in [-0.25, -0.2) is 0 Å². The summed E-state index contributed by atoms with van der Waals surface area (Å²) in [4.78, 5) is 23.9. The molecule has 116 valence electrons. The van der Waals surface area contributed by atoms with Crippen LogP contribution in [-0.4, -0.2) is 18.9 Å². The molecule has 0 spiro atoms. The number of carbonyl (C=O) groups excluding carboxylic acids is 2. The Balaban J connectivity index is 2.23. The molecule has 6 heteroatoms. The highest BCUT2D eigenvalue weighted by molar-refractivity contribution is 6.31. The number of hydrogen-bond donors (Lipinski definition) is 2. The molecule has 0 aliphatic rings. The van der Waals surface area contributed by atoms with Crippen LogP contribution in [-0.2, 0) is 0 Å². The number of benzene rings is 2. The van der Waals surface area contributed by atoms with E-state index >= 15 is 0 Å².